The normalized spacial score (nSPS) is 19.8. The number of aromatic nitrogens is 1. The number of ether oxygens (including phenoxy) is 1. The van der Waals surface area contributed by atoms with Crippen LogP contribution in [0.2, 0.25) is 0 Å². The van der Waals surface area contributed by atoms with Crippen molar-refractivity contribution in [2.24, 2.45) is 0 Å². The van der Waals surface area contributed by atoms with Gasteiger partial charge in [-0.3, -0.25) is 4.98 Å². The van der Waals surface area contributed by atoms with Crippen LogP contribution in [-0.2, 0) is 11.2 Å². The Balaban J connectivity index is 2.03. The fourth-order valence-corrected chi connectivity index (χ4v) is 2.30. The monoisotopic (exact) mass is 277 g/mol. The van der Waals surface area contributed by atoms with E-state index in [1.54, 1.807) is 6.20 Å². The molecule has 1 N–H and O–H groups in total. The summed E-state index contributed by atoms with van der Waals surface area (Å²) in [5, 5.41) is 3.33. The zero-order valence-corrected chi connectivity index (χ0v) is 12.4. The minimum absolute atomic E-state index is 0.114. The average Bonchev–Trinajstić information content (AvgIpc) is 2.38. The quantitative estimate of drug-likeness (QED) is 0.896. The van der Waals surface area contributed by atoms with Crippen LogP contribution >= 0.6 is 0 Å². The third-order valence-corrected chi connectivity index (χ3v) is 3.17. The number of piperazine rings is 1. The summed E-state index contributed by atoms with van der Waals surface area (Å²) < 4.78 is 5.49. The first-order valence-electron chi connectivity index (χ1n) is 7.05. The molecule has 1 amide bonds. The number of hydrogen-bond acceptors (Lipinski definition) is 4. The van der Waals surface area contributed by atoms with Crippen LogP contribution in [0.3, 0.4) is 0 Å². The smallest absolute Gasteiger partial charge is 0.410 e. The van der Waals surface area contributed by atoms with Gasteiger partial charge < -0.3 is 15.0 Å². The first-order chi connectivity index (χ1) is 9.46. The molecule has 1 saturated heterocycles. The summed E-state index contributed by atoms with van der Waals surface area (Å²) in [4.78, 5) is 18.2. The predicted molar refractivity (Wildman–Crippen MR) is 77.5 cm³/mol. The molecule has 0 saturated carbocycles. The van der Waals surface area contributed by atoms with Gasteiger partial charge >= 0.3 is 6.09 Å². The van der Waals surface area contributed by atoms with Gasteiger partial charge in [0.05, 0.1) is 6.04 Å². The number of hydrogen-bond donors (Lipinski definition) is 1. The molecule has 0 spiro atoms. The molecule has 1 aromatic heterocycles. The van der Waals surface area contributed by atoms with Crippen LogP contribution in [-0.4, -0.2) is 47.3 Å². The Morgan fingerprint density at radius 1 is 1.55 bits per heavy atom. The molecule has 20 heavy (non-hydrogen) atoms. The van der Waals surface area contributed by atoms with Gasteiger partial charge in [-0.25, -0.2) is 4.79 Å². The second-order valence-electron chi connectivity index (χ2n) is 6.10. The van der Waals surface area contributed by atoms with Crippen molar-refractivity contribution in [2.75, 3.05) is 19.6 Å². The van der Waals surface area contributed by atoms with E-state index in [4.69, 9.17) is 4.74 Å². The van der Waals surface area contributed by atoms with Gasteiger partial charge in [0, 0.05) is 32.0 Å². The summed E-state index contributed by atoms with van der Waals surface area (Å²) >= 11 is 0. The van der Waals surface area contributed by atoms with Crippen molar-refractivity contribution in [2.45, 2.75) is 38.8 Å². The second-order valence-corrected chi connectivity index (χ2v) is 6.10. The Labute approximate surface area is 120 Å². The van der Waals surface area contributed by atoms with E-state index in [9.17, 15) is 4.79 Å². The highest BCUT2D eigenvalue weighted by Gasteiger charge is 2.30. The third-order valence-electron chi connectivity index (χ3n) is 3.17. The van der Waals surface area contributed by atoms with Crippen molar-refractivity contribution >= 4 is 6.09 Å². The molecular formula is C15H23N3O2. The molecule has 1 fully saturated rings. The SMILES string of the molecule is CC(C)(C)OC(=O)N1CCNCC1Cc1cccnc1. The highest BCUT2D eigenvalue weighted by molar-refractivity contribution is 5.68. The largest absolute Gasteiger partial charge is 0.444 e. The standard InChI is InChI=1S/C15H23N3O2/c1-15(2,3)20-14(19)18-8-7-17-11-13(18)9-12-5-4-6-16-10-12/h4-6,10,13,17H,7-9,11H2,1-3H3. The highest BCUT2D eigenvalue weighted by Crippen LogP contribution is 2.15. The lowest BCUT2D eigenvalue weighted by molar-refractivity contribution is 0.0122. The van der Waals surface area contributed by atoms with E-state index in [-0.39, 0.29) is 12.1 Å². The molecule has 1 aliphatic heterocycles. The Kier molecular flexibility index (Phi) is 4.60. The zero-order chi connectivity index (χ0) is 14.6. The fraction of sp³-hybridized carbons (Fsp3) is 0.600. The molecule has 0 aliphatic carbocycles. The van der Waals surface area contributed by atoms with Gasteiger partial charge in [-0.2, -0.15) is 0 Å². The number of carbonyl (C=O) groups excluding carboxylic acids is 1. The molecule has 0 radical (unpaired) electrons. The van der Waals surface area contributed by atoms with E-state index >= 15 is 0 Å². The molecule has 110 valence electrons. The Morgan fingerprint density at radius 3 is 3.00 bits per heavy atom. The average molecular weight is 277 g/mol. The molecule has 1 aromatic rings. The van der Waals surface area contributed by atoms with Crippen LogP contribution in [0.25, 0.3) is 0 Å². The van der Waals surface area contributed by atoms with Crippen LogP contribution in [0.4, 0.5) is 4.79 Å². The van der Waals surface area contributed by atoms with Crippen LogP contribution < -0.4 is 5.32 Å². The van der Waals surface area contributed by atoms with Gasteiger partial charge in [0.2, 0.25) is 0 Å². The Hall–Kier alpha value is -1.62. The van der Waals surface area contributed by atoms with Gasteiger partial charge in [0.1, 0.15) is 5.60 Å². The third kappa shape index (κ3) is 4.20. The van der Waals surface area contributed by atoms with E-state index in [1.807, 2.05) is 44.0 Å². The number of amides is 1. The molecule has 1 aliphatic rings. The Morgan fingerprint density at radius 2 is 2.35 bits per heavy atom. The van der Waals surface area contributed by atoms with Crippen molar-refractivity contribution in [3.05, 3.63) is 30.1 Å². The topological polar surface area (TPSA) is 54.5 Å². The van der Waals surface area contributed by atoms with Crippen molar-refractivity contribution in [3.63, 3.8) is 0 Å². The molecule has 5 nitrogen and oxygen atoms in total. The summed E-state index contributed by atoms with van der Waals surface area (Å²) in [6.07, 6.45) is 4.17. The number of rotatable bonds is 2. The summed E-state index contributed by atoms with van der Waals surface area (Å²) in [7, 11) is 0. The van der Waals surface area contributed by atoms with Crippen LogP contribution in [0, 0.1) is 0 Å². The number of nitrogens with zero attached hydrogens (tertiary/aromatic N) is 2. The van der Waals surface area contributed by atoms with E-state index in [2.05, 4.69) is 10.3 Å². The lowest BCUT2D eigenvalue weighted by Crippen LogP contribution is -2.55. The molecule has 0 aromatic carbocycles. The van der Waals surface area contributed by atoms with E-state index < -0.39 is 5.60 Å². The maximum Gasteiger partial charge on any atom is 0.410 e. The van der Waals surface area contributed by atoms with Gasteiger partial charge in [-0.15, -0.1) is 0 Å². The van der Waals surface area contributed by atoms with Crippen LogP contribution in [0.1, 0.15) is 26.3 Å². The number of nitrogens with one attached hydrogen (secondary N) is 1. The zero-order valence-electron chi connectivity index (χ0n) is 12.4. The molecular weight excluding hydrogens is 254 g/mol. The fourth-order valence-electron chi connectivity index (χ4n) is 2.30. The molecule has 0 bridgehead atoms. The van der Waals surface area contributed by atoms with E-state index in [0.29, 0.717) is 6.54 Å². The van der Waals surface area contributed by atoms with Crippen molar-refractivity contribution in [1.82, 2.24) is 15.2 Å². The Bertz CT molecular complexity index is 442. The molecule has 1 unspecified atom stereocenters. The maximum absolute atomic E-state index is 12.3. The van der Waals surface area contributed by atoms with Crippen LogP contribution in [0.15, 0.2) is 24.5 Å². The van der Waals surface area contributed by atoms with E-state index in [1.165, 1.54) is 0 Å². The number of pyridine rings is 1. The van der Waals surface area contributed by atoms with Gasteiger partial charge in [0.25, 0.3) is 0 Å². The second kappa shape index (κ2) is 6.22. The maximum atomic E-state index is 12.3. The molecule has 1 atom stereocenters. The van der Waals surface area contributed by atoms with E-state index in [0.717, 1.165) is 25.1 Å². The summed E-state index contributed by atoms with van der Waals surface area (Å²) in [6.45, 7) is 7.95. The van der Waals surface area contributed by atoms with Gasteiger partial charge in [0.15, 0.2) is 0 Å². The van der Waals surface area contributed by atoms with Gasteiger partial charge in [-0.1, -0.05) is 6.07 Å². The molecule has 5 heteroatoms. The lowest BCUT2D eigenvalue weighted by atomic mass is 10.0. The number of carbonyl (C=O) groups is 1. The van der Waals surface area contributed by atoms with Gasteiger partial charge in [-0.05, 0) is 38.8 Å². The summed E-state index contributed by atoms with van der Waals surface area (Å²) in [5.74, 6) is 0. The first kappa shape index (κ1) is 14.8. The minimum Gasteiger partial charge on any atom is -0.444 e. The highest BCUT2D eigenvalue weighted by atomic mass is 16.6. The van der Waals surface area contributed by atoms with Crippen LogP contribution in [0.5, 0.6) is 0 Å². The molecule has 2 heterocycles. The predicted octanol–water partition coefficient (Wildman–Crippen LogP) is 1.83. The first-order valence-corrected chi connectivity index (χ1v) is 7.05. The lowest BCUT2D eigenvalue weighted by Gasteiger charge is -2.37. The van der Waals surface area contributed by atoms with Crippen molar-refractivity contribution in [3.8, 4) is 0 Å². The summed E-state index contributed by atoms with van der Waals surface area (Å²) in [6, 6.07) is 4.07. The molecule has 2 rings (SSSR count). The summed E-state index contributed by atoms with van der Waals surface area (Å²) in [5.41, 5.74) is 0.677. The van der Waals surface area contributed by atoms with Crippen molar-refractivity contribution < 1.29 is 9.53 Å². The minimum atomic E-state index is -0.458. The van der Waals surface area contributed by atoms with Crippen molar-refractivity contribution in [1.29, 1.82) is 0 Å².